The van der Waals surface area contributed by atoms with Gasteiger partial charge in [-0.1, -0.05) is 19.1 Å². The fourth-order valence-electron chi connectivity index (χ4n) is 6.90. The molecular weight excluding hydrogens is 457 g/mol. The summed E-state index contributed by atoms with van der Waals surface area (Å²) in [6.45, 7) is 2.71. The van der Waals surface area contributed by atoms with Gasteiger partial charge in [-0.2, -0.15) is 0 Å². The molecule has 1 amide bonds. The lowest BCUT2D eigenvalue weighted by atomic mass is 9.96. The number of nitrogens with zero attached hydrogens (tertiary/aromatic N) is 4. The van der Waals surface area contributed by atoms with Crippen molar-refractivity contribution in [1.82, 2.24) is 19.0 Å². The lowest BCUT2D eigenvalue weighted by Crippen LogP contribution is -2.41. The maximum Gasteiger partial charge on any atom is 0.254 e. The quantitative estimate of drug-likeness (QED) is 0.465. The lowest BCUT2D eigenvalue weighted by molar-refractivity contribution is 0.0700. The first-order chi connectivity index (χ1) is 17.4. The van der Waals surface area contributed by atoms with Gasteiger partial charge in [0.15, 0.2) is 11.6 Å². The van der Waals surface area contributed by atoms with E-state index in [0.717, 1.165) is 41.4 Å². The Kier molecular flexibility index (Phi) is 4.52. The van der Waals surface area contributed by atoms with Crippen molar-refractivity contribution in [2.45, 2.75) is 50.7 Å². The van der Waals surface area contributed by atoms with Crippen molar-refractivity contribution < 1.29 is 14.0 Å². The topological polar surface area (TPSA) is 86.2 Å². The van der Waals surface area contributed by atoms with E-state index in [0.29, 0.717) is 41.3 Å². The van der Waals surface area contributed by atoms with Crippen LogP contribution in [-0.2, 0) is 7.05 Å². The molecule has 4 aromatic rings. The minimum absolute atomic E-state index is 0.00717. The van der Waals surface area contributed by atoms with Gasteiger partial charge >= 0.3 is 0 Å². The number of hydrogen-bond donors (Lipinski definition) is 1. The van der Waals surface area contributed by atoms with Crippen LogP contribution in [0.15, 0.2) is 36.4 Å². The van der Waals surface area contributed by atoms with Crippen molar-refractivity contribution in [3.05, 3.63) is 53.3 Å². The zero-order chi connectivity index (χ0) is 24.9. The number of ketones is 1. The van der Waals surface area contributed by atoms with Crippen LogP contribution in [0.25, 0.3) is 33.5 Å². The Bertz CT molecular complexity index is 1600. The third-order valence-corrected chi connectivity index (χ3v) is 8.73. The number of aryl methyl sites for hydroxylation is 1. The summed E-state index contributed by atoms with van der Waals surface area (Å²) in [5.74, 6) is 0.453. The van der Waals surface area contributed by atoms with Crippen LogP contribution in [-0.4, -0.2) is 49.3 Å². The van der Waals surface area contributed by atoms with Crippen molar-refractivity contribution in [2.24, 2.45) is 18.7 Å². The summed E-state index contributed by atoms with van der Waals surface area (Å²) in [4.78, 5) is 32.8. The predicted octanol–water partition coefficient (Wildman–Crippen LogP) is 4.43. The Morgan fingerprint density at radius 1 is 1.19 bits per heavy atom. The molecule has 2 aromatic carbocycles. The third kappa shape index (κ3) is 2.79. The average Bonchev–Trinajstić information content (AvgIpc) is 3.61. The standard InChI is InChI=1S/C28H28FN5O2/c1-3-17-12-23(35)18-6-4-5-14-11-22(34(17)25(14)18)27-31-20-10-16(9-19(29)26(20)32(27)2)28(36)33-13-15-7-8-21(33)24(15)30/h4-6,9-11,15,17,21,24H,3,7-8,12-13,30H2,1-2H3/t15-,17?,21-,24-/m1/s1. The van der Waals surface area contributed by atoms with Crippen molar-refractivity contribution in [3.8, 4) is 11.5 Å². The molecule has 8 heteroatoms. The number of Topliss-reactive ketones (excluding diaryl/α,β-unsaturated/α-hetero) is 1. The molecule has 1 saturated heterocycles. The number of piperidine rings is 1. The number of carbonyl (C=O) groups is 2. The number of fused-ring (bicyclic) bond motifs is 3. The molecule has 184 valence electrons. The van der Waals surface area contributed by atoms with Crippen molar-refractivity contribution in [2.75, 3.05) is 6.54 Å². The molecule has 2 bridgehead atoms. The SMILES string of the molecule is CCC1CC(=O)c2cccc3cc(-c4nc5cc(C(=O)N6C[C@H]7CC[C@@H]6[C@@H]7N)cc(F)c5n4C)n1c23. The van der Waals surface area contributed by atoms with Gasteiger partial charge in [0.1, 0.15) is 11.3 Å². The normalized spacial score (nSPS) is 25.0. The largest absolute Gasteiger partial charge is 0.334 e. The number of nitrogens with two attached hydrogens (primary N) is 1. The summed E-state index contributed by atoms with van der Waals surface area (Å²) in [6.07, 6.45) is 3.19. The number of imidazole rings is 1. The maximum atomic E-state index is 15.5. The van der Waals surface area contributed by atoms with Crippen molar-refractivity contribution >= 4 is 33.6 Å². The molecule has 4 atom stereocenters. The first-order valence-corrected chi connectivity index (χ1v) is 12.8. The smallest absolute Gasteiger partial charge is 0.254 e. The van der Waals surface area contributed by atoms with E-state index >= 15 is 4.39 Å². The summed E-state index contributed by atoms with van der Waals surface area (Å²) in [7, 11) is 1.80. The number of benzene rings is 2. The van der Waals surface area contributed by atoms with Crippen molar-refractivity contribution in [3.63, 3.8) is 0 Å². The van der Waals surface area contributed by atoms with Gasteiger partial charge in [-0.05, 0) is 49.4 Å². The molecule has 0 spiro atoms. The van der Waals surface area contributed by atoms with Crippen LogP contribution in [0, 0.1) is 11.7 Å². The maximum absolute atomic E-state index is 15.5. The average molecular weight is 486 g/mol. The molecule has 1 unspecified atom stereocenters. The van der Waals surface area contributed by atoms with Crippen LogP contribution in [0.4, 0.5) is 4.39 Å². The van der Waals surface area contributed by atoms with Crippen LogP contribution in [0.3, 0.4) is 0 Å². The molecule has 1 aliphatic carbocycles. The highest BCUT2D eigenvalue weighted by Crippen LogP contribution is 2.41. The van der Waals surface area contributed by atoms with Crippen LogP contribution >= 0.6 is 0 Å². The van der Waals surface area contributed by atoms with Gasteiger partial charge in [-0.3, -0.25) is 9.59 Å². The second-order valence-electron chi connectivity index (χ2n) is 10.6. The molecule has 7 nitrogen and oxygen atoms in total. The number of halogens is 1. The van der Waals surface area contributed by atoms with Crippen molar-refractivity contribution in [1.29, 1.82) is 0 Å². The van der Waals surface area contributed by atoms with E-state index in [2.05, 4.69) is 11.5 Å². The van der Waals surface area contributed by atoms with Gasteiger partial charge < -0.3 is 19.8 Å². The molecule has 4 heterocycles. The molecule has 2 fully saturated rings. The fraction of sp³-hybridized carbons (Fsp3) is 0.393. The molecule has 2 aromatic heterocycles. The highest BCUT2D eigenvalue weighted by Gasteiger charge is 2.47. The fourth-order valence-corrected chi connectivity index (χ4v) is 6.90. The van der Waals surface area contributed by atoms with Gasteiger partial charge in [-0.25, -0.2) is 9.37 Å². The van der Waals surface area contributed by atoms with E-state index in [1.807, 2.05) is 29.2 Å². The number of hydrogen-bond acceptors (Lipinski definition) is 4. The van der Waals surface area contributed by atoms with Gasteiger partial charge in [-0.15, -0.1) is 0 Å². The highest BCUT2D eigenvalue weighted by atomic mass is 19.1. The van der Waals surface area contributed by atoms with E-state index in [9.17, 15) is 9.59 Å². The van der Waals surface area contributed by atoms with E-state index in [1.165, 1.54) is 6.07 Å². The molecule has 1 saturated carbocycles. The molecule has 36 heavy (non-hydrogen) atoms. The van der Waals surface area contributed by atoms with Crippen LogP contribution in [0.1, 0.15) is 59.4 Å². The summed E-state index contributed by atoms with van der Waals surface area (Å²) < 4.78 is 19.4. The summed E-state index contributed by atoms with van der Waals surface area (Å²) in [6, 6.07) is 10.9. The summed E-state index contributed by atoms with van der Waals surface area (Å²) in [5, 5.41) is 0.970. The first kappa shape index (κ1) is 21.7. The zero-order valence-electron chi connectivity index (χ0n) is 20.4. The first-order valence-electron chi connectivity index (χ1n) is 12.8. The Morgan fingerprint density at radius 2 is 2.03 bits per heavy atom. The van der Waals surface area contributed by atoms with E-state index in [1.54, 1.807) is 17.7 Å². The van der Waals surface area contributed by atoms with Gasteiger partial charge in [0, 0.05) is 54.7 Å². The number of para-hydroxylation sites is 1. The summed E-state index contributed by atoms with van der Waals surface area (Å²) in [5.41, 5.74) is 9.91. The Balaban J connectivity index is 1.37. The lowest BCUT2D eigenvalue weighted by Gasteiger charge is -2.27. The Labute approximate surface area is 207 Å². The predicted molar refractivity (Wildman–Crippen MR) is 135 cm³/mol. The molecular formula is C28H28FN5O2. The summed E-state index contributed by atoms with van der Waals surface area (Å²) >= 11 is 0. The second-order valence-corrected chi connectivity index (χ2v) is 10.6. The Morgan fingerprint density at radius 3 is 2.75 bits per heavy atom. The molecule has 7 rings (SSSR count). The van der Waals surface area contributed by atoms with Crippen LogP contribution in [0.5, 0.6) is 0 Å². The number of aromatic nitrogens is 3. The van der Waals surface area contributed by atoms with Crippen LogP contribution in [0.2, 0.25) is 0 Å². The Hall–Kier alpha value is -3.52. The van der Waals surface area contributed by atoms with E-state index in [-0.39, 0.29) is 29.8 Å². The number of likely N-dealkylation sites (tertiary alicyclic amines) is 1. The number of rotatable bonds is 3. The number of carbonyl (C=O) groups excluding carboxylic acids is 2. The van der Waals surface area contributed by atoms with Gasteiger partial charge in [0.25, 0.3) is 5.91 Å². The molecule has 3 aliphatic rings. The van der Waals surface area contributed by atoms with Gasteiger partial charge in [0.2, 0.25) is 0 Å². The number of amides is 1. The van der Waals surface area contributed by atoms with Crippen LogP contribution < -0.4 is 5.73 Å². The molecule has 0 radical (unpaired) electrons. The minimum atomic E-state index is -0.469. The van der Waals surface area contributed by atoms with E-state index in [4.69, 9.17) is 10.7 Å². The molecule has 2 N–H and O–H groups in total. The second kappa shape index (κ2) is 7.49. The monoisotopic (exact) mass is 485 g/mol. The van der Waals surface area contributed by atoms with Gasteiger partial charge in [0.05, 0.1) is 16.7 Å². The third-order valence-electron chi connectivity index (χ3n) is 8.73. The van der Waals surface area contributed by atoms with E-state index < -0.39 is 5.82 Å². The minimum Gasteiger partial charge on any atom is -0.334 e. The highest BCUT2D eigenvalue weighted by molar-refractivity contribution is 6.10. The molecule has 2 aliphatic heterocycles. The zero-order valence-corrected chi connectivity index (χ0v) is 20.4.